The third-order valence-corrected chi connectivity index (χ3v) is 6.21. The Balaban J connectivity index is 1.49. The van der Waals surface area contributed by atoms with Crippen molar-refractivity contribution in [2.24, 2.45) is 5.73 Å². The van der Waals surface area contributed by atoms with Gasteiger partial charge in [0.25, 0.3) is 0 Å². The maximum Gasteiger partial charge on any atom is 0.307 e. The molecule has 36 heavy (non-hydrogen) atoms. The van der Waals surface area contributed by atoms with E-state index in [2.05, 4.69) is 4.98 Å². The van der Waals surface area contributed by atoms with Crippen molar-refractivity contribution < 1.29 is 24.1 Å². The zero-order chi connectivity index (χ0) is 25.7. The van der Waals surface area contributed by atoms with Crippen LogP contribution in [0, 0.1) is 0 Å². The van der Waals surface area contributed by atoms with Gasteiger partial charge in [-0.3, -0.25) is 14.6 Å². The maximum absolute atomic E-state index is 12.2. The van der Waals surface area contributed by atoms with Gasteiger partial charge < -0.3 is 25.1 Å². The van der Waals surface area contributed by atoms with Crippen molar-refractivity contribution in [3.63, 3.8) is 0 Å². The molecule has 4 rings (SSSR count). The number of nitrogens with two attached hydrogens (primary N) is 1. The smallest absolute Gasteiger partial charge is 0.307 e. The van der Waals surface area contributed by atoms with E-state index in [4.69, 9.17) is 19.9 Å². The van der Waals surface area contributed by atoms with Crippen LogP contribution < -0.4 is 24.8 Å². The molecule has 0 bridgehead atoms. The fraction of sp³-hybridized carbons (Fsp3) is 0.111. The zero-order valence-electron chi connectivity index (χ0n) is 19.6. The van der Waals surface area contributed by atoms with E-state index in [1.54, 1.807) is 74.9 Å². The highest BCUT2D eigenvalue weighted by Gasteiger charge is 2.11. The van der Waals surface area contributed by atoms with Crippen molar-refractivity contribution in [3.05, 3.63) is 98.0 Å². The summed E-state index contributed by atoms with van der Waals surface area (Å²) in [7, 11) is 3.11. The Bertz CT molecular complexity index is 1430. The highest BCUT2D eigenvalue weighted by atomic mass is 32.1. The van der Waals surface area contributed by atoms with Crippen LogP contribution in [0.5, 0.6) is 28.9 Å². The molecule has 1 amide bonds. The molecule has 0 radical (unpaired) electrons. The Morgan fingerprint density at radius 2 is 1.53 bits per heavy atom. The van der Waals surface area contributed by atoms with Gasteiger partial charge in [0.2, 0.25) is 11.8 Å². The van der Waals surface area contributed by atoms with E-state index in [-0.39, 0.29) is 10.8 Å². The van der Waals surface area contributed by atoms with E-state index in [0.29, 0.717) is 51.0 Å². The number of nitrogens with one attached hydrogen (secondary N) is 1. The monoisotopic (exact) mass is 504 g/mol. The highest BCUT2D eigenvalue weighted by Crippen LogP contribution is 2.29. The lowest BCUT2D eigenvalue weighted by atomic mass is 10.0. The number of hydrogen-bond donors (Lipinski definition) is 3. The molecule has 1 heterocycles. The lowest BCUT2D eigenvalue weighted by Crippen LogP contribution is -2.12. The number of aromatic hydroxyl groups is 1. The first kappa shape index (κ1) is 24.6. The molecular formula is C27H24N2O6S. The predicted molar refractivity (Wildman–Crippen MR) is 139 cm³/mol. The van der Waals surface area contributed by atoms with E-state index in [9.17, 15) is 14.7 Å². The van der Waals surface area contributed by atoms with Crippen molar-refractivity contribution in [1.29, 1.82) is 0 Å². The minimum atomic E-state index is -0.570. The first-order chi connectivity index (χ1) is 17.3. The number of hydrogen-bond acceptors (Lipinski definition) is 7. The Morgan fingerprint density at radius 3 is 2.03 bits per heavy atom. The van der Waals surface area contributed by atoms with Gasteiger partial charge in [0.15, 0.2) is 0 Å². The Hall–Kier alpha value is -4.50. The van der Waals surface area contributed by atoms with Crippen LogP contribution in [0.2, 0.25) is 0 Å². The van der Waals surface area contributed by atoms with Crippen LogP contribution in [0.25, 0.3) is 11.6 Å². The fourth-order valence-corrected chi connectivity index (χ4v) is 4.31. The molecule has 3 aromatic carbocycles. The van der Waals surface area contributed by atoms with E-state index < -0.39 is 5.91 Å². The molecule has 4 N–H and O–H groups in total. The summed E-state index contributed by atoms with van der Waals surface area (Å²) >= 11 is 0.983. The van der Waals surface area contributed by atoms with Crippen molar-refractivity contribution in [2.45, 2.75) is 6.42 Å². The van der Waals surface area contributed by atoms with Crippen molar-refractivity contribution in [3.8, 4) is 28.9 Å². The van der Waals surface area contributed by atoms with Crippen molar-refractivity contribution in [2.75, 3.05) is 14.2 Å². The van der Waals surface area contributed by atoms with Crippen LogP contribution >= 0.6 is 11.3 Å². The minimum Gasteiger partial charge on any atom is -0.497 e. The number of carbonyl (C=O) groups is 1. The van der Waals surface area contributed by atoms with Crippen molar-refractivity contribution in [1.82, 2.24) is 4.98 Å². The quantitative estimate of drug-likeness (QED) is 0.227. The van der Waals surface area contributed by atoms with Gasteiger partial charge in [-0.05, 0) is 59.2 Å². The minimum absolute atomic E-state index is 0.0969. The van der Waals surface area contributed by atoms with Crippen LogP contribution in [0.4, 0.5) is 0 Å². The van der Waals surface area contributed by atoms with E-state index >= 15 is 0 Å². The average Bonchev–Trinajstić information content (AvgIpc) is 3.20. The molecule has 8 nitrogen and oxygen atoms in total. The second kappa shape index (κ2) is 10.8. The number of methoxy groups -OCH3 is 2. The summed E-state index contributed by atoms with van der Waals surface area (Å²) in [6, 6.07) is 19.7. The summed E-state index contributed by atoms with van der Waals surface area (Å²) in [4.78, 5) is 26.2. The molecule has 0 aliphatic rings. The summed E-state index contributed by atoms with van der Waals surface area (Å²) in [6.07, 6.45) is 2.12. The summed E-state index contributed by atoms with van der Waals surface area (Å²) in [6.45, 7) is 0. The van der Waals surface area contributed by atoms with E-state index in [1.807, 2.05) is 12.1 Å². The predicted octanol–water partition coefficient (Wildman–Crippen LogP) is 4.57. The molecule has 0 spiro atoms. The summed E-state index contributed by atoms with van der Waals surface area (Å²) in [5.74, 6) is 1.73. The number of aromatic nitrogens is 1. The van der Waals surface area contributed by atoms with Crippen LogP contribution in [-0.4, -0.2) is 30.2 Å². The van der Waals surface area contributed by atoms with Crippen LogP contribution in [0.15, 0.2) is 71.5 Å². The summed E-state index contributed by atoms with van der Waals surface area (Å²) in [5, 5.41) is 9.75. The number of thiazole rings is 1. The summed E-state index contributed by atoms with van der Waals surface area (Å²) < 4.78 is 16.5. The van der Waals surface area contributed by atoms with Gasteiger partial charge >= 0.3 is 4.87 Å². The lowest BCUT2D eigenvalue weighted by molar-refractivity contribution is -0.112. The standard InChI is InChI=1S/C27H24N2O6S/c1-33-21-11-17(12-22(15-21)34-2)13-23(25(28)30)18-5-9-20(10-6-18)35-19-7-3-16(4-8-19)14-24-26(31)29-27(32)36-24/h3-13,15,31H,14H2,1-2H3,(H2,28,30)(H,29,32). The molecule has 4 aromatic rings. The van der Waals surface area contributed by atoms with Gasteiger partial charge in [0.05, 0.1) is 19.1 Å². The molecule has 0 unspecified atom stereocenters. The molecule has 0 fully saturated rings. The van der Waals surface area contributed by atoms with Crippen LogP contribution in [0.1, 0.15) is 21.6 Å². The second-order valence-corrected chi connectivity index (χ2v) is 8.87. The highest BCUT2D eigenvalue weighted by molar-refractivity contribution is 7.09. The van der Waals surface area contributed by atoms with Crippen LogP contribution in [0.3, 0.4) is 0 Å². The second-order valence-electron chi connectivity index (χ2n) is 7.80. The average molecular weight is 505 g/mol. The molecule has 9 heteroatoms. The van der Waals surface area contributed by atoms with E-state index in [0.717, 1.165) is 16.9 Å². The van der Waals surface area contributed by atoms with Gasteiger partial charge in [-0.15, -0.1) is 0 Å². The number of amides is 1. The van der Waals surface area contributed by atoms with Gasteiger partial charge in [-0.2, -0.15) is 0 Å². The molecule has 0 saturated carbocycles. The maximum atomic E-state index is 12.2. The van der Waals surface area contributed by atoms with Gasteiger partial charge in [-0.25, -0.2) is 0 Å². The molecule has 0 atom stereocenters. The van der Waals surface area contributed by atoms with Gasteiger partial charge in [0.1, 0.15) is 23.0 Å². The molecular weight excluding hydrogens is 480 g/mol. The number of ether oxygens (including phenoxy) is 3. The van der Waals surface area contributed by atoms with Gasteiger partial charge in [-0.1, -0.05) is 35.6 Å². The Morgan fingerprint density at radius 1 is 0.944 bits per heavy atom. The normalized spacial score (nSPS) is 11.2. The third kappa shape index (κ3) is 5.94. The number of primary amides is 1. The fourth-order valence-electron chi connectivity index (χ4n) is 3.55. The molecule has 0 aliphatic carbocycles. The first-order valence-electron chi connectivity index (χ1n) is 10.9. The number of rotatable bonds is 9. The molecule has 0 saturated heterocycles. The van der Waals surface area contributed by atoms with Crippen molar-refractivity contribution >= 4 is 28.9 Å². The Kier molecular flexibility index (Phi) is 7.41. The molecule has 1 aromatic heterocycles. The number of benzene rings is 3. The SMILES string of the molecule is COc1cc(C=C(C(N)=O)c2ccc(Oc3ccc(Cc4sc(=O)[nH]c4O)cc3)cc2)cc(OC)c1. The summed E-state index contributed by atoms with van der Waals surface area (Å²) in [5.41, 5.74) is 8.26. The third-order valence-electron chi connectivity index (χ3n) is 5.34. The van der Waals surface area contributed by atoms with Crippen LogP contribution in [-0.2, 0) is 11.2 Å². The molecule has 184 valence electrons. The number of aromatic amines is 1. The topological polar surface area (TPSA) is 124 Å². The number of carbonyl (C=O) groups excluding carboxylic acids is 1. The Labute approximate surface area is 211 Å². The van der Waals surface area contributed by atoms with Gasteiger partial charge in [0, 0.05) is 18.1 Å². The largest absolute Gasteiger partial charge is 0.497 e. The first-order valence-corrected chi connectivity index (χ1v) is 11.7. The zero-order valence-corrected chi connectivity index (χ0v) is 20.4. The van der Waals surface area contributed by atoms with E-state index in [1.165, 1.54) is 0 Å². The number of H-pyrrole nitrogens is 1. The lowest BCUT2D eigenvalue weighted by Gasteiger charge is -2.10. The molecule has 0 aliphatic heterocycles.